The summed E-state index contributed by atoms with van der Waals surface area (Å²) < 4.78 is 0. The van der Waals surface area contributed by atoms with E-state index >= 15 is 0 Å². The average molecular weight is 258 g/mol. The van der Waals surface area contributed by atoms with Gasteiger partial charge >= 0.3 is 0 Å². The second-order valence-corrected chi connectivity index (χ2v) is 5.56. The van der Waals surface area contributed by atoms with Crippen LogP contribution in [-0.2, 0) is 10.2 Å². The number of benzene rings is 1. The summed E-state index contributed by atoms with van der Waals surface area (Å²) in [5, 5.41) is 11.7. The first-order valence-electron chi connectivity index (χ1n) is 6.65. The number of nitriles is 1. The van der Waals surface area contributed by atoms with Gasteiger partial charge in [-0.1, -0.05) is 50.6 Å². The average Bonchev–Trinajstić information content (AvgIpc) is 2.38. The quantitative estimate of drug-likeness (QED) is 0.882. The Hall–Kier alpha value is -1.82. The van der Waals surface area contributed by atoms with Gasteiger partial charge in [0.05, 0.1) is 6.07 Å². The molecule has 0 aliphatic rings. The largest absolute Gasteiger partial charge is 0.354 e. The summed E-state index contributed by atoms with van der Waals surface area (Å²) in [5.41, 5.74) is 2.26. The van der Waals surface area contributed by atoms with Gasteiger partial charge in [-0.3, -0.25) is 4.79 Å². The summed E-state index contributed by atoms with van der Waals surface area (Å²) in [5.74, 6) is -0.723. The maximum atomic E-state index is 11.8. The van der Waals surface area contributed by atoms with E-state index in [1.54, 1.807) is 0 Å². The molecule has 0 bridgehead atoms. The molecule has 1 N–H and O–H groups in total. The number of nitrogens with one attached hydrogen (secondary N) is 1. The normalized spacial score (nSPS) is 12.6. The molecule has 0 aliphatic carbocycles. The van der Waals surface area contributed by atoms with Crippen molar-refractivity contribution < 1.29 is 4.79 Å². The van der Waals surface area contributed by atoms with Crippen LogP contribution in [0.5, 0.6) is 0 Å². The van der Waals surface area contributed by atoms with E-state index in [1.165, 1.54) is 11.1 Å². The molecule has 1 amide bonds. The van der Waals surface area contributed by atoms with Crippen molar-refractivity contribution in [3.63, 3.8) is 0 Å². The van der Waals surface area contributed by atoms with Crippen LogP contribution < -0.4 is 5.32 Å². The van der Waals surface area contributed by atoms with Gasteiger partial charge in [0.1, 0.15) is 5.92 Å². The molecule has 3 heteroatoms. The molecule has 0 aromatic heterocycles. The van der Waals surface area contributed by atoms with Gasteiger partial charge in [0.15, 0.2) is 0 Å². The van der Waals surface area contributed by atoms with Gasteiger partial charge in [-0.15, -0.1) is 0 Å². The van der Waals surface area contributed by atoms with E-state index in [4.69, 9.17) is 5.26 Å². The van der Waals surface area contributed by atoms with Gasteiger partial charge in [-0.05, 0) is 18.9 Å². The minimum atomic E-state index is -0.548. The summed E-state index contributed by atoms with van der Waals surface area (Å²) in [6.07, 6.45) is 0.549. The second kappa shape index (κ2) is 6.38. The van der Waals surface area contributed by atoms with Crippen LogP contribution in [0.1, 0.15) is 38.3 Å². The fourth-order valence-corrected chi connectivity index (χ4v) is 1.93. The molecule has 102 valence electrons. The molecule has 1 aromatic rings. The van der Waals surface area contributed by atoms with Gasteiger partial charge in [0.2, 0.25) is 5.91 Å². The Bertz CT molecular complexity index is 486. The van der Waals surface area contributed by atoms with Crippen molar-refractivity contribution in [3.8, 4) is 6.07 Å². The SMILES string of the molecule is CCC(C#N)C(=O)NCC(C)(C)c1cccc(C)c1. The van der Waals surface area contributed by atoms with Crippen LogP contribution in [-0.4, -0.2) is 12.5 Å². The Balaban J connectivity index is 2.71. The fraction of sp³-hybridized carbons (Fsp3) is 0.500. The van der Waals surface area contributed by atoms with Gasteiger partial charge in [0, 0.05) is 12.0 Å². The smallest absolute Gasteiger partial charge is 0.237 e. The van der Waals surface area contributed by atoms with Gasteiger partial charge < -0.3 is 5.32 Å². The predicted molar refractivity (Wildman–Crippen MR) is 76.6 cm³/mol. The van der Waals surface area contributed by atoms with Gasteiger partial charge in [0.25, 0.3) is 0 Å². The molecule has 0 radical (unpaired) electrons. The van der Waals surface area contributed by atoms with Crippen molar-refractivity contribution in [2.24, 2.45) is 5.92 Å². The summed E-state index contributed by atoms with van der Waals surface area (Å²) in [6.45, 7) is 8.62. The van der Waals surface area contributed by atoms with Crippen molar-refractivity contribution >= 4 is 5.91 Å². The van der Waals surface area contributed by atoms with E-state index in [2.05, 4.69) is 44.3 Å². The number of aryl methyl sites for hydroxylation is 1. The number of amides is 1. The molecule has 0 heterocycles. The molecular formula is C16H22N2O. The zero-order valence-corrected chi connectivity index (χ0v) is 12.2. The summed E-state index contributed by atoms with van der Waals surface area (Å²) in [6, 6.07) is 10.3. The molecule has 0 saturated carbocycles. The standard InChI is InChI=1S/C16H22N2O/c1-5-13(10-17)15(19)18-11-16(3,4)14-8-6-7-12(2)9-14/h6-9,13H,5,11H2,1-4H3,(H,18,19). The first-order valence-corrected chi connectivity index (χ1v) is 6.65. The molecule has 0 spiro atoms. The van der Waals surface area contributed by atoms with Gasteiger partial charge in [-0.2, -0.15) is 5.26 Å². The third kappa shape index (κ3) is 4.10. The fourth-order valence-electron chi connectivity index (χ4n) is 1.93. The van der Waals surface area contributed by atoms with Gasteiger partial charge in [-0.25, -0.2) is 0 Å². The van der Waals surface area contributed by atoms with Crippen LogP contribution in [0.2, 0.25) is 0 Å². The zero-order valence-electron chi connectivity index (χ0n) is 12.2. The second-order valence-electron chi connectivity index (χ2n) is 5.56. The number of nitrogens with zero attached hydrogens (tertiary/aromatic N) is 1. The molecule has 1 rings (SSSR count). The minimum absolute atomic E-state index is 0.143. The van der Waals surface area contributed by atoms with E-state index in [0.717, 1.165) is 0 Å². The molecule has 0 fully saturated rings. The Labute approximate surface area is 115 Å². The molecule has 1 aromatic carbocycles. The van der Waals surface area contributed by atoms with Crippen LogP contribution >= 0.6 is 0 Å². The number of carbonyl (C=O) groups is 1. The topological polar surface area (TPSA) is 52.9 Å². The van der Waals surface area contributed by atoms with E-state index in [-0.39, 0.29) is 11.3 Å². The third-order valence-electron chi connectivity index (χ3n) is 3.38. The van der Waals surface area contributed by atoms with Crippen molar-refractivity contribution in [2.45, 2.75) is 39.5 Å². The highest BCUT2D eigenvalue weighted by Crippen LogP contribution is 2.23. The zero-order chi connectivity index (χ0) is 14.5. The van der Waals surface area contributed by atoms with Crippen LogP contribution in [0.3, 0.4) is 0 Å². The van der Waals surface area contributed by atoms with Crippen molar-refractivity contribution in [1.82, 2.24) is 5.32 Å². The predicted octanol–water partition coefficient (Wildman–Crippen LogP) is 2.94. The molecular weight excluding hydrogens is 236 g/mol. The van der Waals surface area contributed by atoms with Crippen molar-refractivity contribution in [2.75, 3.05) is 6.54 Å². The first-order chi connectivity index (χ1) is 8.90. The lowest BCUT2D eigenvalue weighted by atomic mass is 9.84. The van der Waals surface area contributed by atoms with Crippen molar-refractivity contribution in [1.29, 1.82) is 5.26 Å². The van der Waals surface area contributed by atoms with Crippen LogP contribution in [0.15, 0.2) is 24.3 Å². The number of carbonyl (C=O) groups excluding carboxylic acids is 1. The van der Waals surface area contributed by atoms with E-state index in [0.29, 0.717) is 13.0 Å². The Morgan fingerprint density at radius 2 is 2.16 bits per heavy atom. The summed E-state index contributed by atoms with van der Waals surface area (Å²) >= 11 is 0. The third-order valence-corrected chi connectivity index (χ3v) is 3.38. The molecule has 1 unspecified atom stereocenters. The monoisotopic (exact) mass is 258 g/mol. The summed E-state index contributed by atoms with van der Waals surface area (Å²) in [4.78, 5) is 11.8. The maximum absolute atomic E-state index is 11.8. The number of rotatable bonds is 5. The van der Waals surface area contributed by atoms with Crippen LogP contribution in [0.4, 0.5) is 0 Å². The Kier molecular flexibility index (Phi) is 5.11. The number of hydrogen-bond acceptors (Lipinski definition) is 2. The molecule has 0 saturated heterocycles. The van der Waals surface area contributed by atoms with Crippen LogP contribution in [0.25, 0.3) is 0 Å². The first kappa shape index (κ1) is 15.2. The molecule has 3 nitrogen and oxygen atoms in total. The molecule has 19 heavy (non-hydrogen) atoms. The Morgan fingerprint density at radius 3 is 2.68 bits per heavy atom. The minimum Gasteiger partial charge on any atom is -0.354 e. The molecule has 1 atom stereocenters. The lowest BCUT2D eigenvalue weighted by Gasteiger charge is -2.26. The highest BCUT2D eigenvalue weighted by molar-refractivity contribution is 5.81. The van der Waals surface area contributed by atoms with E-state index < -0.39 is 5.92 Å². The number of hydrogen-bond donors (Lipinski definition) is 1. The highest BCUT2D eigenvalue weighted by Gasteiger charge is 2.23. The maximum Gasteiger partial charge on any atom is 0.237 e. The highest BCUT2D eigenvalue weighted by atomic mass is 16.1. The lowest BCUT2D eigenvalue weighted by molar-refractivity contribution is -0.123. The Morgan fingerprint density at radius 1 is 1.47 bits per heavy atom. The molecule has 0 aliphatic heterocycles. The summed E-state index contributed by atoms with van der Waals surface area (Å²) in [7, 11) is 0. The van der Waals surface area contributed by atoms with E-state index in [9.17, 15) is 4.79 Å². The van der Waals surface area contributed by atoms with E-state index in [1.807, 2.05) is 19.1 Å². The van der Waals surface area contributed by atoms with Crippen molar-refractivity contribution in [3.05, 3.63) is 35.4 Å². The lowest BCUT2D eigenvalue weighted by Crippen LogP contribution is -2.39. The van der Waals surface area contributed by atoms with Crippen LogP contribution in [0, 0.1) is 24.2 Å².